The first-order chi connectivity index (χ1) is 6.88. The van der Waals surface area contributed by atoms with Crippen molar-refractivity contribution in [3.63, 3.8) is 0 Å². The second-order valence-electron chi connectivity index (χ2n) is 3.33. The maximum atomic E-state index is 5.58. The minimum Gasteiger partial charge on any atom is -0.370 e. The summed E-state index contributed by atoms with van der Waals surface area (Å²) in [6.07, 6.45) is 6.07. The smallest absolute Gasteiger partial charge is 0.0397 e. The number of nitrogens with two attached hydrogens (primary N) is 1. The first kappa shape index (κ1) is 11.0. The van der Waals surface area contributed by atoms with Crippen molar-refractivity contribution in [2.75, 3.05) is 24.5 Å². The average molecular weight is 193 g/mol. The minimum absolute atomic E-state index is 0.700. The van der Waals surface area contributed by atoms with Gasteiger partial charge in [-0.1, -0.05) is 13.3 Å². The molecule has 0 aliphatic heterocycles. The third-order valence-electron chi connectivity index (χ3n) is 2.21. The van der Waals surface area contributed by atoms with Gasteiger partial charge in [-0.15, -0.1) is 0 Å². The predicted molar refractivity (Wildman–Crippen MR) is 60.4 cm³/mol. The second-order valence-corrected chi connectivity index (χ2v) is 3.33. The van der Waals surface area contributed by atoms with Gasteiger partial charge in [-0.05, 0) is 18.6 Å². The van der Waals surface area contributed by atoms with Crippen molar-refractivity contribution < 1.29 is 0 Å². The van der Waals surface area contributed by atoms with E-state index in [-0.39, 0.29) is 0 Å². The van der Waals surface area contributed by atoms with Crippen LogP contribution in [-0.2, 0) is 0 Å². The lowest BCUT2D eigenvalue weighted by Gasteiger charge is -2.23. The van der Waals surface area contributed by atoms with Crippen molar-refractivity contribution >= 4 is 5.69 Å². The molecule has 14 heavy (non-hydrogen) atoms. The van der Waals surface area contributed by atoms with E-state index in [2.05, 4.69) is 16.8 Å². The summed E-state index contributed by atoms with van der Waals surface area (Å²) in [7, 11) is 0. The molecule has 0 aromatic carbocycles. The molecule has 0 saturated heterocycles. The van der Waals surface area contributed by atoms with E-state index in [9.17, 15) is 0 Å². The molecule has 0 spiro atoms. The van der Waals surface area contributed by atoms with Gasteiger partial charge in [0.1, 0.15) is 0 Å². The zero-order valence-corrected chi connectivity index (χ0v) is 8.82. The van der Waals surface area contributed by atoms with Gasteiger partial charge in [-0.3, -0.25) is 4.98 Å². The molecule has 0 bridgehead atoms. The molecule has 3 heteroatoms. The molecule has 0 fully saturated rings. The highest BCUT2D eigenvalue weighted by Crippen LogP contribution is 2.12. The topological polar surface area (TPSA) is 42.1 Å². The lowest BCUT2D eigenvalue weighted by atomic mass is 10.2. The summed E-state index contributed by atoms with van der Waals surface area (Å²) >= 11 is 0. The summed E-state index contributed by atoms with van der Waals surface area (Å²) in [6.45, 7) is 4.90. The highest BCUT2D eigenvalue weighted by Gasteiger charge is 2.03. The van der Waals surface area contributed by atoms with Gasteiger partial charge in [-0.2, -0.15) is 0 Å². The number of aromatic nitrogens is 1. The Balaban J connectivity index is 2.58. The van der Waals surface area contributed by atoms with Crippen LogP contribution in [0.3, 0.4) is 0 Å². The molecule has 3 nitrogen and oxygen atoms in total. The fourth-order valence-electron chi connectivity index (χ4n) is 1.43. The van der Waals surface area contributed by atoms with Crippen molar-refractivity contribution in [2.45, 2.75) is 19.8 Å². The lowest BCUT2D eigenvalue weighted by molar-refractivity contribution is 0.715. The van der Waals surface area contributed by atoms with E-state index in [0.717, 1.165) is 13.1 Å². The van der Waals surface area contributed by atoms with Crippen LogP contribution in [0.5, 0.6) is 0 Å². The predicted octanol–water partition coefficient (Wildman–Crippen LogP) is 1.65. The van der Waals surface area contributed by atoms with Gasteiger partial charge >= 0.3 is 0 Å². The third kappa shape index (κ3) is 3.34. The Hall–Kier alpha value is -1.09. The molecule has 0 amide bonds. The fourth-order valence-corrected chi connectivity index (χ4v) is 1.43. The van der Waals surface area contributed by atoms with E-state index in [4.69, 9.17) is 5.73 Å². The first-order valence-corrected chi connectivity index (χ1v) is 5.23. The molecule has 1 aromatic heterocycles. The van der Waals surface area contributed by atoms with Crippen LogP contribution in [0.25, 0.3) is 0 Å². The third-order valence-corrected chi connectivity index (χ3v) is 2.21. The van der Waals surface area contributed by atoms with Crippen LogP contribution < -0.4 is 10.6 Å². The monoisotopic (exact) mass is 193 g/mol. The Morgan fingerprint density at radius 1 is 1.29 bits per heavy atom. The van der Waals surface area contributed by atoms with Gasteiger partial charge in [0.2, 0.25) is 0 Å². The summed E-state index contributed by atoms with van der Waals surface area (Å²) in [5.41, 5.74) is 6.80. The molecule has 0 atom stereocenters. The minimum atomic E-state index is 0.700. The van der Waals surface area contributed by atoms with Crippen LogP contribution in [0.2, 0.25) is 0 Å². The van der Waals surface area contributed by atoms with Gasteiger partial charge in [0, 0.05) is 37.7 Å². The highest BCUT2D eigenvalue weighted by atomic mass is 15.1. The number of hydrogen-bond donors (Lipinski definition) is 1. The van der Waals surface area contributed by atoms with Gasteiger partial charge in [-0.25, -0.2) is 0 Å². The van der Waals surface area contributed by atoms with Crippen LogP contribution in [0, 0.1) is 0 Å². The molecule has 1 heterocycles. The van der Waals surface area contributed by atoms with Crippen molar-refractivity contribution in [3.8, 4) is 0 Å². The summed E-state index contributed by atoms with van der Waals surface area (Å²) in [5.74, 6) is 0. The van der Waals surface area contributed by atoms with E-state index in [0.29, 0.717) is 6.54 Å². The van der Waals surface area contributed by atoms with E-state index in [1.54, 1.807) is 0 Å². The summed E-state index contributed by atoms with van der Waals surface area (Å²) < 4.78 is 0. The molecule has 0 radical (unpaired) electrons. The summed E-state index contributed by atoms with van der Waals surface area (Å²) in [6, 6.07) is 4.07. The van der Waals surface area contributed by atoms with Crippen LogP contribution in [0.4, 0.5) is 5.69 Å². The standard InChI is InChI=1S/C11H19N3/c1-2-3-9-14(10-6-12)11-4-7-13-8-5-11/h4-5,7-8H,2-3,6,9-10,12H2,1H3. The van der Waals surface area contributed by atoms with Crippen LogP contribution >= 0.6 is 0 Å². The Kier molecular flexibility index (Phi) is 5.00. The van der Waals surface area contributed by atoms with Crippen molar-refractivity contribution in [2.24, 2.45) is 5.73 Å². The Bertz CT molecular complexity index is 236. The Morgan fingerprint density at radius 3 is 2.57 bits per heavy atom. The largest absolute Gasteiger partial charge is 0.370 e. The highest BCUT2D eigenvalue weighted by molar-refractivity contribution is 5.44. The maximum Gasteiger partial charge on any atom is 0.0397 e. The zero-order chi connectivity index (χ0) is 10.2. The van der Waals surface area contributed by atoms with Crippen molar-refractivity contribution in [1.82, 2.24) is 4.98 Å². The normalized spacial score (nSPS) is 10.1. The van der Waals surface area contributed by atoms with E-state index >= 15 is 0 Å². The number of hydrogen-bond acceptors (Lipinski definition) is 3. The number of nitrogens with zero attached hydrogens (tertiary/aromatic N) is 2. The van der Waals surface area contributed by atoms with Crippen LogP contribution in [-0.4, -0.2) is 24.6 Å². The molecule has 0 aliphatic rings. The van der Waals surface area contributed by atoms with Gasteiger partial charge < -0.3 is 10.6 Å². The lowest BCUT2D eigenvalue weighted by Crippen LogP contribution is -2.30. The summed E-state index contributed by atoms with van der Waals surface area (Å²) in [4.78, 5) is 6.32. The number of anilines is 1. The number of pyridine rings is 1. The molecule has 0 aliphatic carbocycles. The van der Waals surface area contributed by atoms with E-state index in [1.807, 2.05) is 24.5 Å². The molecular weight excluding hydrogens is 174 g/mol. The molecule has 0 unspecified atom stereocenters. The first-order valence-electron chi connectivity index (χ1n) is 5.23. The molecule has 0 saturated carbocycles. The van der Waals surface area contributed by atoms with Gasteiger partial charge in [0.25, 0.3) is 0 Å². The molecule has 2 N–H and O–H groups in total. The van der Waals surface area contributed by atoms with Crippen molar-refractivity contribution in [1.29, 1.82) is 0 Å². The molecular formula is C11H19N3. The Labute approximate surface area is 85.9 Å². The molecule has 1 aromatic rings. The van der Waals surface area contributed by atoms with E-state index < -0.39 is 0 Å². The quantitative estimate of drug-likeness (QED) is 0.747. The van der Waals surface area contributed by atoms with Crippen LogP contribution in [0.15, 0.2) is 24.5 Å². The Morgan fingerprint density at radius 2 is 2.00 bits per heavy atom. The van der Waals surface area contributed by atoms with Crippen molar-refractivity contribution in [3.05, 3.63) is 24.5 Å². The number of unbranched alkanes of at least 4 members (excludes halogenated alkanes) is 1. The average Bonchev–Trinajstić information content (AvgIpc) is 2.25. The molecule has 78 valence electrons. The SMILES string of the molecule is CCCCN(CCN)c1ccncc1. The van der Waals surface area contributed by atoms with Crippen LogP contribution in [0.1, 0.15) is 19.8 Å². The zero-order valence-electron chi connectivity index (χ0n) is 8.82. The summed E-state index contributed by atoms with van der Waals surface area (Å²) in [5, 5.41) is 0. The van der Waals surface area contributed by atoms with Gasteiger partial charge in [0.15, 0.2) is 0 Å². The second kappa shape index (κ2) is 6.38. The van der Waals surface area contributed by atoms with Gasteiger partial charge in [0.05, 0.1) is 0 Å². The number of rotatable bonds is 6. The fraction of sp³-hybridized carbons (Fsp3) is 0.545. The maximum absolute atomic E-state index is 5.58. The van der Waals surface area contributed by atoms with E-state index in [1.165, 1.54) is 18.5 Å². The molecule has 1 rings (SSSR count).